The maximum absolute atomic E-state index is 9.85. The number of rotatable bonds is 10. The van der Waals surface area contributed by atoms with Gasteiger partial charge in [0.2, 0.25) is 0 Å². The number of hydrogen-bond donors (Lipinski definition) is 3. The highest BCUT2D eigenvalue weighted by molar-refractivity contribution is 7.81. The third-order valence-corrected chi connectivity index (χ3v) is 3.96. The van der Waals surface area contributed by atoms with E-state index in [4.69, 9.17) is 5.11 Å². The highest BCUT2D eigenvalue weighted by atomic mass is 32.1. The summed E-state index contributed by atoms with van der Waals surface area (Å²) in [6.45, 7) is 4.15. The molecule has 0 amide bonds. The highest BCUT2D eigenvalue weighted by Crippen LogP contribution is 2.32. The van der Waals surface area contributed by atoms with Crippen LogP contribution >= 0.6 is 12.6 Å². The van der Waals surface area contributed by atoms with E-state index in [9.17, 15) is 5.11 Å². The Hall–Kier alpha value is 0.270. The summed E-state index contributed by atoms with van der Waals surface area (Å²) in [6.07, 6.45) is 7.98. The van der Waals surface area contributed by atoms with E-state index in [-0.39, 0.29) is 11.4 Å². The fourth-order valence-corrected chi connectivity index (χ4v) is 2.39. The van der Waals surface area contributed by atoms with Crippen LogP contribution in [0.4, 0.5) is 0 Å². The van der Waals surface area contributed by atoms with Crippen molar-refractivity contribution in [3.63, 3.8) is 0 Å². The van der Waals surface area contributed by atoms with Gasteiger partial charge in [0.25, 0.3) is 0 Å². The molecule has 1 atom stereocenters. The van der Waals surface area contributed by atoms with Gasteiger partial charge in [-0.3, -0.25) is 0 Å². The van der Waals surface area contributed by atoms with Crippen molar-refractivity contribution in [2.75, 3.05) is 6.61 Å². The molecule has 98 valence electrons. The first-order valence-corrected chi connectivity index (χ1v) is 7.06. The van der Waals surface area contributed by atoms with E-state index in [1.54, 1.807) is 0 Å². The molecule has 3 heteroatoms. The summed E-state index contributed by atoms with van der Waals surface area (Å²) in [6, 6.07) is 0. The first-order chi connectivity index (χ1) is 7.60. The van der Waals surface area contributed by atoms with Gasteiger partial charge >= 0.3 is 0 Å². The Labute approximate surface area is 106 Å². The normalized spacial score (nSPS) is 14.1. The van der Waals surface area contributed by atoms with Crippen LogP contribution in [0.15, 0.2) is 0 Å². The Balaban J connectivity index is 4.13. The average molecular weight is 248 g/mol. The van der Waals surface area contributed by atoms with Crippen molar-refractivity contribution in [3.05, 3.63) is 0 Å². The first-order valence-electron chi connectivity index (χ1n) is 6.62. The van der Waals surface area contributed by atoms with E-state index in [0.717, 1.165) is 25.7 Å². The van der Waals surface area contributed by atoms with Crippen molar-refractivity contribution in [2.24, 2.45) is 0 Å². The number of unbranched alkanes of at least 4 members (excludes halogenated alkanes) is 4. The van der Waals surface area contributed by atoms with Gasteiger partial charge in [-0.05, 0) is 12.8 Å². The smallest absolute Gasteiger partial charge is 0.0914 e. The van der Waals surface area contributed by atoms with Crippen LogP contribution in [0.2, 0.25) is 0 Å². The van der Waals surface area contributed by atoms with Crippen LogP contribution in [-0.4, -0.2) is 27.7 Å². The molecule has 0 saturated heterocycles. The van der Waals surface area contributed by atoms with Gasteiger partial charge < -0.3 is 10.2 Å². The minimum atomic E-state index is -0.690. The SMILES string of the molecule is CCCCCC(S)(CCCCC)[C@H](O)CO. The molecule has 0 radical (unpaired) electrons. The molecule has 2 nitrogen and oxygen atoms in total. The highest BCUT2D eigenvalue weighted by Gasteiger charge is 2.32. The molecule has 0 aliphatic rings. The van der Waals surface area contributed by atoms with Crippen LogP contribution in [0.25, 0.3) is 0 Å². The molecule has 2 N–H and O–H groups in total. The summed E-state index contributed by atoms with van der Waals surface area (Å²) >= 11 is 4.63. The van der Waals surface area contributed by atoms with Gasteiger partial charge in [-0.25, -0.2) is 0 Å². The third kappa shape index (κ3) is 6.12. The summed E-state index contributed by atoms with van der Waals surface area (Å²) in [4.78, 5) is 0. The molecule has 0 fully saturated rings. The van der Waals surface area contributed by atoms with Crippen LogP contribution in [0.3, 0.4) is 0 Å². The molecule has 0 saturated carbocycles. The van der Waals surface area contributed by atoms with Gasteiger partial charge in [-0.2, -0.15) is 12.6 Å². The molecule has 0 aromatic heterocycles. The van der Waals surface area contributed by atoms with Crippen molar-refractivity contribution < 1.29 is 10.2 Å². The Morgan fingerprint density at radius 3 is 1.75 bits per heavy atom. The van der Waals surface area contributed by atoms with E-state index < -0.39 is 6.10 Å². The topological polar surface area (TPSA) is 40.5 Å². The Morgan fingerprint density at radius 2 is 1.44 bits per heavy atom. The zero-order chi connectivity index (χ0) is 12.4. The monoisotopic (exact) mass is 248 g/mol. The molecular weight excluding hydrogens is 220 g/mol. The molecule has 0 aromatic rings. The molecule has 0 aliphatic carbocycles. The van der Waals surface area contributed by atoms with Gasteiger partial charge in [-0.1, -0.05) is 52.4 Å². The largest absolute Gasteiger partial charge is 0.394 e. The predicted octanol–water partition coefficient (Wildman–Crippen LogP) is 3.17. The minimum absolute atomic E-state index is 0.179. The predicted molar refractivity (Wildman–Crippen MR) is 73.1 cm³/mol. The zero-order valence-electron chi connectivity index (χ0n) is 10.8. The molecule has 0 unspecified atom stereocenters. The lowest BCUT2D eigenvalue weighted by molar-refractivity contribution is 0.0549. The number of aliphatic hydroxyl groups excluding tert-OH is 2. The molecule has 0 rings (SSSR count). The Morgan fingerprint density at radius 1 is 1.00 bits per heavy atom. The summed E-state index contributed by atoms with van der Waals surface area (Å²) in [5.74, 6) is 0. The molecule has 0 spiro atoms. The lowest BCUT2D eigenvalue weighted by Gasteiger charge is -2.33. The lowest BCUT2D eigenvalue weighted by Crippen LogP contribution is -2.39. The van der Waals surface area contributed by atoms with Crippen LogP contribution in [0.5, 0.6) is 0 Å². The molecule has 0 aromatic carbocycles. The second kappa shape index (κ2) is 9.32. The zero-order valence-corrected chi connectivity index (χ0v) is 11.7. The summed E-state index contributed by atoms with van der Waals surface area (Å²) in [5, 5.41) is 18.9. The van der Waals surface area contributed by atoms with Crippen LogP contribution in [-0.2, 0) is 0 Å². The average Bonchev–Trinajstić information content (AvgIpc) is 2.28. The maximum Gasteiger partial charge on any atom is 0.0914 e. The van der Waals surface area contributed by atoms with Crippen molar-refractivity contribution in [1.29, 1.82) is 0 Å². The quantitative estimate of drug-likeness (QED) is 0.410. The fraction of sp³-hybridized carbons (Fsp3) is 1.00. The van der Waals surface area contributed by atoms with Crippen LogP contribution < -0.4 is 0 Å². The summed E-state index contributed by atoms with van der Waals surface area (Å²) < 4.78 is -0.390. The maximum atomic E-state index is 9.85. The van der Waals surface area contributed by atoms with E-state index in [0.29, 0.717) is 0 Å². The standard InChI is InChI=1S/C13H28O2S/c1-3-5-7-9-13(16,12(15)11-14)10-8-6-4-2/h12,14-16H,3-11H2,1-2H3/t12-/m1/s1. The Kier molecular flexibility index (Phi) is 9.47. The second-order valence-corrected chi connectivity index (χ2v) is 5.61. The van der Waals surface area contributed by atoms with E-state index in [1.165, 1.54) is 25.7 Å². The number of thiol groups is 1. The fourth-order valence-electron chi connectivity index (χ4n) is 1.99. The van der Waals surface area contributed by atoms with Gasteiger partial charge in [0.05, 0.1) is 12.7 Å². The first kappa shape index (κ1) is 16.3. The molecule has 16 heavy (non-hydrogen) atoms. The third-order valence-electron chi connectivity index (χ3n) is 3.22. The van der Waals surface area contributed by atoms with Crippen LogP contribution in [0, 0.1) is 0 Å². The second-order valence-electron chi connectivity index (χ2n) is 4.72. The van der Waals surface area contributed by atoms with Crippen molar-refractivity contribution >= 4 is 12.6 Å². The van der Waals surface area contributed by atoms with Crippen molar-refractivity contribution in [1.82, 2.24) is 0 Å². The van der Waals surface area contributed by atoms with E-state index in [1.807, 2.05) is 0 Å². The number of hydrogen-bond acceptors (Lipinski definition) is 3. The number of aliphatic hydroxyl groups is 2. The van der Waals surface area contributed by atoms with Gasteiger partial charge in [0, 0.05) is 4.75 Å². The summed E-state index contributed by atoms with van der Waals surface area (Å²) in [5.41, 5.74) is 0. The molecule has 0 heterocycles. The van der Waals surface area contributed by atoms with Crippen molar-refractivity contribution in [3.8, 4) is 0 Å². The molecule has 0 aliphatic heterocycles. The lowest BCUT2D eigenvalue weighted by atomic mass is 9.89. The minimum Gasteiger partial charge on any atom is -0.394 e. The molecular formula is C13H28O2S. The molecule has 0 bridgehead atoms. The van der Waals surface area contributed by atoms with Gasteiger partial charge in [0.1, 0.15) is 0 Å². The van der Waals surface area contributed by atoms with Gasteiger partial charge in [0.15, 0.2) is 0 Å². The van der Waals surface area contributed by atoms with Crippen molar-refractivity contribution in [2.45, 2.75) is 76.1 Å². The van der Waals surface area contributed by atoms with E-state index in [2.05, 4.69) is 26.5 Å². The summed E-state index contributed by atoms with van der Waals surface area (Å²) in [7, 11) is 0. The van der Waals surface area contributed by atoms with Gasteiger partial charge in [-0.15, -0.1) is 0 Å². The van der Waals surface area contributed by atoms with Crippen LogP contribution in [0.1, 0.15) is 65.2 Å². The Bertz CT molecular complexity index is 152. The van der Waals surface area contributed by atoms with E-state index >= 15 is 0 Å².